The Morgan fingerprint density at radius 2 is 2.23 bits per heavy atom. The van der Waals surface area contributed by atoms with Crippen molar-refractivity contribution in [2.75, 3.05) is 25.0 Å². The third-order valence-corrected chi connectivity index (χ3v) is 1.97. The van der Waals surface area contributed by atoms with Gasteiger partial charge >= 0.3 is 0 Å². The third-order valence-electron chi connectivity index (χ3n) is 1.97. The van der Waals surface area contributed by atoms with Crippen LogP contribution in [0.2, 0.25) is 0 Å². The Morgan fingerprint density at radius 1 is 1.46 bits per heavy atom. The zero-order chi connectivity index (χ0) is 9.68. The first kappa shape index (κ1) is 9.86. The van der Waals surface area contributed by atoms with Crippen molar-refractivity contribution >= 4 is 5.69 Å². The molecule has 0 saturated heterocycles. The van der Waals surface area contributed by atoms with Gasteiger partial charge in [0.15, 0.2) is 0 Å². The second-order valence-corrected chi connectivity index (χ2v) is 3.08. The molecule has 0 aromatic heterocycles. The fourth-order valence-corrected chi connectivity index (χ4v) is 1.19. The van der Waals surface area contributed by atoms with Crippen LogP contribution in [0.5, 0.6) is 5.75 Å². The van der Waals surface area contributed by atoms with Gasteiger partial charge in [0.05, 0.1) is 0 Å². The first-order chi connectivity index (χ1) is 6.24. The Bertz CT molecular complexity index is 263. The van der Waals surface area contributed by atoms with Crippen molar-refractivity contribution < 1.29 is 5.11 Å². The summed E-state index contributed by atoms with van der Waals surface area (Å²) in [6, 6.07) is 7.22. The number of rotatable bonds is 4. The Morgan fingerprint density at radius 3 is 2.85 bits per heavy atom. The molecule has 1 aromatic rings. The molecule has 1 rings (SSSR count). The van der Waals surface area contributed by atoms with Crippen LogP contribution < -0.4 is 10.6 Å². The molecule has 0 saturated carbocycles. The van der Waals surface area contributed by atoms with Crippen LogP contribution in [0.4, 0.5) is 5.69 Å². The van der Waals surface area contributed by atoms with Gasteiger partial charge in [0.1, 0.15) is 5.75 Å². The maximum Gasteiger partial charge on any atom is 0.117 e. The lowest BCUT2D eigenvalue weighted by Gasteiger charge is -2.18. The zero-order valence-corrected chi connectivity index (χ0v) is 7.90. The van der Waals surface area contributed by atoms with Crippen LogP contribution in [0.1, 0.15) is 6.42 Å². The smallest absolute Gasteiger partial charge is 0.117 e. The molecule has 3 nitrogen and oxygen atoms in total. The second kappa shape index (κ2) is 4.72. The van der Waals surface area contributed by atoms with E-state index in [0.29, 0.717) is 12.3 Å². The summed E-state index contributed by atoms with van der Waals surface area (Å²) in [6.45, 7) is 1.61. The molecule has 3 N–H and O–H groups in total. The number of nitrogens with zero attached hydrogens (tertiary/aromatic N) is 1. The van der Waals surface area contributed by atoms with Gasteiger partial charge in [0.25, 0.3) is 0 Å². The molecular weight excluding hydrogens is 164 g/mol. The average Bonchev–Trinajstić information content (AvgIpc) is 2.14. The quantitative estimate of drug-likeness (QED) is 0.731. The highest BCUT2D eigenvalue weighted by Crippen LogP contribution is 2.18. The molecule has 0 amide bonds. The van der Waals surface area contributed by atoms with Crippen LogP contribution in [-0.2, 0) is 0 Å². The number of phenolic OH excluding ortho intramolecular Hbond substituents is 1. The Balaban J connectivity index is 2.60. The number of aromatic hydroxyl groups is 1. The van der Waals surface area contributed by atoms with Gasteiger partial charge in [-0.1, -0.05) is 6.07 Å². The van der Waals surface area contributed by atoms with E-state index in [1.807, 2.05) is 19.2 Å². The molecule has 1 aromatic carbocycles. The summed E-state index contributed by atoms with van der Waals surface area (Å²) in [6.07, 6.45) is 0.964. The highest BCUT2D eigenvalue weighted by atomic mass is 16.3. The van der Waals surface area contributed by atoms with Crippen molar-refractivity contribution in [2.45, 2.75) is 6.42 Å². The average molecular weight is 180 g/mol. The van der Waals surface area contributed by atoms with Gasteiger partial charge in [-0.05, 0) is 25.1 Å². The van der Waals surface area contributed by atoms with Crippen LogP contribution >= 0.6 is 0 Å². The summed E-state index contributed by atoms with van der Waals surface area (Å²) in [7, 11) is 1.99. The van der Waals surface area contributed by atoms with Gasteiger partial charge in [-0.3, -0.25) is 0 Å². The van der Waals surface area contributed by atoms with E-state index in [0.717, 1.165) is 18.7 Å². The van der Waals surface area contributed by atoms with Crippen LogP contribution in [0.15, 0.2) is 24.3 Å². The topological polar surface area (TPSA) is 49.5 Å². The Kier molecular flexibility index (Phi) is 3.58. The van der Waals surface area contributed by atoms with Crippen molar-refractivity contribution in [1.82, 2.24) is 0 Å². The molecule has 0 heterocycles. The molecule has 13 heavy (non-hydrogen) atoms. The van der Waals surface area contributed by atoms with E-state index >= 15 is 0 Å². The summed E-state index contributed by atoms with van der Waals surface area (Å²) in [5, 5.41) is 9.24. The minimum atomic E-state index is 0.303. The first-order valence-electron chi connectivity index (χ1n) is 4.44. The summed E-state index contributed by atoms with van der Waals surface area (Å²) in [5.41, 5.74) is 6.43. The molecule has 0 spiro atoms. The van der Waals surface area contributed by atoms with Gasteiger partial charge in [0.2, 0.25) is 0 Å². The predicted octanol–water partition coefficient (Wildman–Crippen LogP) is 1.18. The van der Waals surface area contributed by atoms with Gasteiger partial charge in [-0.15, -0.1) is 0 Å². The monoisotopic (exact) mass is 180 g/mol. The first-order valence-corrected chi connectivity index (χ1v) is 4.44. The predicted molar refractivity (Wildman–Crippen MR) is 55.0 cm³/mol. The largest absolute Gasteiger partial charge is 0.508 e. The van der Waals surface area contributed by atoms with E-state index in [9.17, 15) is 5.11 Å². The van der Waals surface area contributed by atoms with Crippen molar-refractivity contribution in [3.63, 3.8) is 0 Å². The standard InChI is InChI=1S/C10H16N2O/c1-12(7-3-6-11)9-4-2-5-10(13)8-9/h2,4-5,8,13H,3,6-7,11H2,1H3. The molecular formula is C10H16N2O. The number of hydrogen-bond acceptors (Lipinski definition) is 3. The maximum absolute atomic E-state index is 9.24. The van der Waals surface area contributed by atoms with Crippen molar-refractivity contribution in [1.29, 1.82) is 0 Å². The zero-order valence-electron chi connectivity index (χ0n) is 7.90. The highest BCUT2D eigenvalue weighted by molar-refractivity contribution is 5.49. The maximum atomic E-state index is 9.24. The number of benzene rings is 1. The Labute approximate surface area is 78.8 Å². The fourth-order valence-electron chi connectivity index (χ4n) is 1.19. The molecule has 0 fully saturated rings. The lowest BCUT2D eigenvalue weighted by Crippen LogP contribution is -2.20. The minimum Gasteiger partial charge on any atom is -0.508 e. The van der Waals surface area contributed by atoms with Crippen LogP contribution in [0.25, 0.3) is 0 Å². The molecule has 0 unspecified atom stereocenters. The molecule has 0 aliphatic heterocycles. The molecule has 0 atom stereocenters. The van der Waals surface area contributed by atoms with E-state index in [1.165, 1.54) is 0 Å². The SMILES string of the molecule is CN(CCCN)c1cccc(O)c1. The lowest BCUT2D eigenvalue weighted by molar-refractivity contribution is 0.475. The van der Waals surface area contributed by atoms with E-state index in [4.69, 9.17) is 5.73 Å². The molecule has 72 valence electrons. The van der Waals surface area contributed by atoms with Crippen molar-refractivity contribution in [2.24, 2.45) is 5.73 Å². The fraction of sp³-hybridized carbons (Fsp3) is 0.400. The Hall–Kier alpha value is -1.22. The van der Waals surface area contributed by atoms with Gasteiger partial charge in [-0.2, -0.15) is 0 Å². The van der Waals surface area contributed by atoms with Crippen molar-refractivity contribution in [3.05, 3.63) is 24.3 Å². The highest BCUT2D eigenvalue weighted by Gasteiger charge is 1.99. The summed E-state index contributed by atoms with van der Waals surface area (Å²) in [4.78, 5) is 2.08. The van der Waals surface area contributed by atoms with E-state index in [2.05, 4.69) is 4.90 Å². The van der Waals surface area contributed by atoms with E-state index in [-0.39, 0.29) is 0 Å². The molecule has 0 radical (unpaired) electrons. The molecule has 3 heteroatoms. The number of nitrogens with two attached hydrogens (primary N) is 1. The summed E-state index contributed by atoms with van der Waals surface area (Å²) in [5.74, 6) is 0.303. The van der Waals surface area contributed by atoms with E-state index in [1.54, 1.807) is 12.1 Å². The van der Waals surface area contributed by atoms with Crippen LogP contribution in [-0.4, -0.2) is 25.2 Å². The normalized spacial score (nSPS) is 10.0. The summed E-state index contributed by atoms with van der Waals surface area (Å²) >= 11 is 0. The van der Waals surface area contributed by atoms with E-state index < -0.39 is 0 Å². The number of anilines is 1. The van der Waals surface area contributed by atoms with Crippen LogP contribution in [0, 0.1) is 0 Å². The minimum absolute atomic E-state index is 0.303. The van der Waals surface area contributed by atoms with Gasteiger partial charge < -0.3 is 15.7 Å². The number of phenols is 1. The number of hydrogen-bond donors (Lipinski definition) is 2. The molecule has 0 aliphatic carbocycles. The van der Waals surface area contributed by atoms with Crippen molar-refractivity contribution in [3.8, 4) is 5.75 Å². The lowest BCUT2D eigenvalue weighted by atomic mass is 10.2. The van der Waals surface area contributed by atoms with Crippen LogP contribution in [0.3, 0.4) is 0 Å². The molecule has 0 aliphatic rings. The van der Waals surface area contributed by atoms with Gasteiger partial charge in [0, 0.05) is 25.3 Å². The summed E-state index contributed by atoms with van der Waals surface area (Å²) < 4.78 is 0. The molecule has 0 bridgehead atoms. The third kappa shape index (κ3) is 2.95. The van der Waals surface area contributed by atoms with Gasteiger partial charge in [-0.25, -0.2) is 0 Å². The second-order valence-electron chi connectivity index (χ2n) is 3.08.